The number of aliphatic hydroxyl groups is 1. The number of hydrogen-bond acceptors (Lipinski definition) is 8. The highest BCUT2D eigenvalue weighted by molar-refractivity contribution is 8.00. The predicted octanol–water partition coefficient (Wildman–Crippen LogP) is 3.57. The lowest BCUT2D eigenvalue weighted by atomic mass is 10.00. The monoisotopic (exact) mass is 531 g/mol. The van der Waals surface area contributed by atoms with Crippen molar-refractivity contribution in [2.24, 2.45) is 0 Å². The molecule has 1 aromatic carbocycles. The molecule has 3 aromatic rings. The van der Waals surface area contributed by atoms with Crippen molar-refractivity contribution in [2.45, 2.75) is 36.2 Å². The molecule has 3 atom stereocenters. The Hall–Kier alpha value is -2.50. The molecule has 0 aliphatic carbocycles. The molecular weight excluding hydrogens is 505 g/mol. The van der Waals surface area contributed by atoms with E-state index in [-0.39, 0.29) is 18.5 Å². The Bertz CT molecular complexity index is 1280. The van der Waals surface area contributed by atoms with Crippen LogP contribution in [0, 0.1) is 0 Å². The summed E-state index contributed by atoms with van der Waals surface area (Å²) in [5, 5.41) is 18.3. The van der Waals surface area contributed by atoms with Gasteiger partial charge < -0.3 is 20.5 Å². The molecule has 1 unspecified atom stereocenters. The number of anilines is 1. The summed E-state index contributed by atoms with van der Waals surface area (Å²) in [5.41, 5.74) is 2.09. The van der Waals surface area contributed by atoms with Crippen LogP contribution in [0.5, 0.6) is 5.75 Å². The topological polar surface area (TPSA) is 99.6 Å². The van der Waals surface area contributed by atoms with E-state index >= 15 is 4.39 Å². The highest BCUT2D eigenvalue weighted by Crippen LogP contribution is 2.33. The number of nitrogens with one attached hydrogen (secondary N) is 2. The molecule has 1 saturated heterocycles. The molecule has 5 rings (SSSR count). The van der Waals surface area contributed by atoms with Gasteiger partial charge in [0.2, 0.25) is 5.91 Å². The molecule has 3 N–H and O–H groups in total. The second-order valence-corrected chi connectivity index (χ2v) is 10.4. The number of thioether (sulfide) groups is 1. The third kappa shape index (κ3) is 5.42. The number of benzene rings is 1. The van der Waals surface area contributed by atoms with Crippen LogP contribution in [0.15, 0.2) is 41.4 Å². The van der Waals surface area contributed by atoms with Gasteiger partial charge in [0.05, 0.1) is 40.1 Å². The largest absolute Gasteiger partial charge is 0.497 e. The quantitative estimate of drug-likeness (QED) is 0.425. The Morgan fingerprint density at radius 2 is 2.25 bits per heavy atom. The first kappa shape index (κ1) is 25.2. The maximum atomic E-state index is 15.1. The van der Waals surface area contributed by atoms with Gasteiger partial charge in [0.1, 0.15) is 17.7 Å². The summed E-state index contributed by atoms with van der Waals surface area (Å²) in [7, 11) is 1.60. The van der Waals surface area contributed by atoms with Crippen molar-refractivity contribution in [2.75, 3.05) is 37.8 Å². The van der Waals surface area contributed by atoms with E-state index < -0.39 is 12.3 Å². The molecule has 0 bridgehead atoms. The highest BCUT2D eigenvalue weighted by atomic mass is 35.5. The van der Waals surface area contributed by atoms with Crippen LogP contribution in [-0.2, 0) is 11.3 Å². The van der Waals surface area contributed by atoms with Crippen LogP contribution in [0.1, 0.15) is 23.8 Å². The van der Waals surface area contributed by atoms with E-state index in [1.807, 2.05) is 23.1 Å². The van der Waals surface area contributed by atoms with E-state index in [1.54, 1.807) is 25.4 Å². The number of β-amino-alcohol motifs (C(OH)–C–C–N with tert-alkyl or cyclic N) is 1. The standard InChI is InChI=1S/C25H27ClFN5O3S/c1-35-14-2-3-19-16(8-14)15(4-6-28-19)22(33)12-32-7-5-20(18(27)11-32)29-10-21-17(26)9-23-25(30-21)31-24(34)13-36-23/h2-4,6,8-9,18,20,22,29,33H,5,7,10-13H2,1H3,(H,30,31,34)/t18-,20+,22?/m1/s1. The van der Waals surface area contributed by atoms with E-state index in [0.29, 0.717) is 54.1 Å². The first-order chi connectivity index (χ1) is 17.4. The van der Waals surface area contributed by atoms with Crippen molar-refractivity contribution in [1.82, 2.24) is 20.2 Å². The minimum atomic E-state index is -1.12. The number of piperidine rings is 1. The molecule has 2 aliphatic rings. The number of carbonyl (C=O) groups excluding carboxylic acids is 1. The van der Waals surface area contributed by atoms with Crippen LogP contribution in [0.3, 0.4) is 0 Å². The van der Waals surface area contributed by atoms with Crippen molar-refractivity contribution >= 4 is 46.0 Å². The number of amides is 1. The number of halogens is 2. The molecule has 0 saturated carbocycles. The summed E-state index contributed by atoms with van der Waals surface area (Å²) < 4.78 is 20.4. The Labute approximate surface area is 217 Å². The summed E-state index contributed by atoms with van der Waals surface area (Å²) in [6.07, 6.45) is 0.345. The molecule has 2 aromatic heterocycles. The summed E-state index contributed by atoms with van der Waals surface area (Å²) >= 11 is 7.78. The van der Waals surface area contributed by atoms with Crippen molar-refractivity contribution in [1.29, 1.82) is 0 Å². The molecule has 0 radical (unpaired) electrons. The molecule has 1 amide bonds. The lowest BCUT2D eigenvalue weighted by Crippen LogP contribution is -2.51. The van der Waals surface area contributed by atoms with Gasteiger partial charge in [-0.1, -0.05) is 11.6 Å². The van der Waals surface area contributed by atoms with Gasteiger partial charge in [0.25, 0.3) is 0 Å². The first-order valence-corrected chi connectivity index (χ1v) is 13.1. The Kier molecular flexibility index (Phi) is 7.59. The third-order valence-electron chi connectivity index (χ3n) is 6.56. The van der Waals surface area contributed by atoms with Gasteiger partial charge in [-0.25, -0.2) is 9.37 Å². The van der Waals surface area contributed by atoms with E-state index in [0.717, 1.165) is 21.4 Å². The van der Waals surface area contributed by atoms with Gasteiger partial charge in [-0.15, -0.1) is 11.8 Å². The van der Waals surface area contributed by atoms with Crippen molar-refractivity contribution in [3.05, 3.63) is 52.8 Å². The summed E-state index contributed by atoms with van der Waals surface area (Å²) in [4.78, 5) is 23.3. The Morgan fingerprint density at radius 1 is 1.39 bits per heavy atom. The maximum Gasteiger partial charge on any atom is 0.235 e. The number of rotatable bonds is 7. The maximum absolute atomic E-state index is 15.1. The van der Waals surface area contributed by atoms with Crippen molar-refractivity contribution < 1.29 is 19.0 Å². The number of likely N-dealkylation sites (tertiary alicyclic amines) is 1. The third-order valence-corrected chi connectivity index (χ3v) is 7.92. The number of fused-ring (bicyclic) bond motifs is 2. The second-order valence-electron chi connectivity index (χ2n) is 8.95. The first-order valence-electron chi connectivity index (χ1n) is 11.7. The summed E-state index contributed by atoms with van der Waals surface area (Å²) in [6.45, 7) is 1.46. The number of carbonyl (C=O) groups is 1. The number of ether oxygens (including phenoxy) is 1. The number of pyridine rings is 2. The average molecular weight is 532 g/mol. The predicted molar refractivity (Wildman–Crippen MR) is 138 cm³/mol. The van der Waals surface area contributed by atoms with Gasteiger partial charge in [0, 0.05) is 37.3 Å². The number of hydrogen-bond donors (Lipinski definition) is 3. The van der Waals surface area contributed by atoms with Crippen LogP contribution in [0.2, 0.25) is 5.02 Å². The van der Waals surface area contributed by atoms with E-state index in [1.165, 1.54) is 11.8 Å². The number of aliphatic hydroxyl groups excluding tert-OH is 1. The molecule has 0 spiro atoms. The van der Waals surface area contributed by atoms with E-state index in [4.69, 9.17) is 16.3 Å². The molecule has 11 heteroatoms. The fourth-order valence-electron chi connectivity index (χ4n) is 4.64. The van der Waals surface area contributed by atoms with E-state index in [9.17, 15) is 9.90 Å². The van der Waals surface area contributed by atoms with Crippen LogP contribution in [0.4, 0.5) is 10.2 Å². The van der Waals surface area contributed by atoms with Gasteiger partial charge >= 0.3 is 0 Å². The minimum Gasteiger partial charge on any atom is -0.497 e. The zero-order chi connectivity index (χ0) is 25.2. The zero-order valence-electron chi connectivity index (χ0n) is 19.7. The van der Waals surface area contributed by atoms with Gasteiger partial charge in [-0.05, 0) is 48.9 Å². The average Bonchev–Trinajstić information content (AvgIpc) is 2.87. The van der Waals surface area contributed by atoms with Gasteiger partial charge in [-0.3, -0.25) is 14.7 Å². The van der Waals surface area contributed by atoms with Crippen LogP contribution < -0.4 is 15.4 Å². The minimum absolute atomic E-state index is 0.0986. The second kappa shape index (κ2) is 10.9. The van der Waals surface area contributed by atoms with E-state index in [2.05, 4.69) is 20.6 Å². The molecule has 36 heavy (non-hydrogen) atoms. The van der Waals surface area contributed by atoms with Crippen molar-refractivity contribution in [3.8, 4) is 5.75 Å². The molecular formula is C25H27ClFN5O3S. The Balaban J connectivity index is 1.19. The van der Waals surface area contributed by atoms with Crippen LogP contribution >= 0.6 is 23.4 Å². The zero-order valence-corrected chi connectivity index (χ0v) is 21.3. The molecule has 2 aliphatic heterocycles. The summed E-state index contributed by atoms with van der Waals surface area (Å²) in [5.74, 6) is 1.43. The molecule has 190 valence electrons. The number of methoxy groups -OCH3 is 1. The fourth-order valence-corrected chi connectivity index (χ4v) is 5.72. The number of alkyl halides is 1. The van der Waals surface area contributed by atoms with Crippen LogP contribution in [0.25, 0.3) is 10.9 Å². The Morgan fingerprint density at radius 3 is 3.06 bits per heavy atom. The molecule has 8 nitrogen and oxygen atoms in total. The highest BCUT2D eigenvalue weighted by Gasteiger charge is 2.30. The smallest absolute Gasteiger partial charge is 0.235 e. The summed E-state index contributed by atoms with van der Waals surface area (Å²) in [6, 6.07) is 8.78. The normalized spacial score (nSPS) is 21.2. The lowest BCUT2D eigenvalue weighted by Gasteiger charge is -2.36. The number of aromatic nitrogens is 2. The van der Waals surface area contributed by atoms with Crippen molar-refractivity contribution in [3.63, 3.8) is 0 Å². The van der Waals surface area contributed by atoms with Gasteiger partial charge in [-0.2, -0.15) is 0 Å². The molecule has 1 fully saturated rings. The SMILES string of the molecule is COc1ccc2nccc(C(O)CN3CC[C@H](NCc4nc5c(cc4Cl)SCC(=O)N5)[C@H](F)C3)c2c1. The molecule has 4 heterocycles. The van der Waals surface area contributed by atoms with Crippen LogP contribution in [-0.4, -0.2) is 70.6 Å². The lowest BCUT2D eigenvalue weighted by molar-refractivity contribution is -0.113. The number of nitrogens with zero attached hydrogens (tertiary/aromatic N) is 3. The fraction of sp³-hybridized carbons (Fsp3) is 0.400. The van der Waals surface area contributed by atoms with Gasteiger partial charge in [0.15, 0.2) is 0 Å².